The van der Waals surface area contributed by atoms with Crippen LogP contribution in [0.2, 0.25) is 0 Å². The lowest BCUT2D eigenvalue weighted by Gasteiger charge is -2.19. The van der Waals surface area contributed by atoms with Crippen molar-refractivity contribution in [2.75, 3.05) is 6.54 Å². The summed E-state index contributed by atoms with van der Waals surface area (Å²) in [5.74, 6) is -0.273. The molecule has 0 radical (unpaired) electrons. The molecule has 0 spiro atoms. The van der Waals surface area contributed by atoms with Gasteiger partial charge in [0.25, 0.3) is 0 Å². The summed E-state index contributed by atoms with van der Waals surface area (Å²) in [5, 5.41) is 3.52. The molecule has 0 amide bonds. The Morgan fingerprint density at radius 2 is 2.24 bits per heavy atom. The molecule has 17 heavy (non-hydrogen) atoms. The Labute approximate surface area is 103 Å². The third-order valence-corrected chi connectivity index (χ3v) is 3.71. The normalized spacial score (nSPS) is 19.0. The maximum Gasteiger partial charge on any atom is 0.141 e. The first kappa shape index (κ1) is 12.5. The van der Waals surface area contributed by atoms with E-state index in [-0.39, 0.29) is 11.9 Å². The Morgan fingerprint density at radius 3 is 2.76 bits per heavy atom. The fourth-order valence-electron chi connectivity index (χ4n) is 2.34. The topological polar surface area (TPSA) is 24.9 Å². The van der Waals surface area contributed by atoms with Crippen LogP contribution in [0.25, 0.3) is 0 Å². The van der Waals surface area contributed by atoms with Gasteiger partial charge >= 0.3 is 0 Å². The average molecular weight is 236 g/mol. The van der Waals surface area contributed by atoms with Crippen LogP contribution in [0.15, 0.2) is 18.3 Å². The average Bonchev–Trinajstić information content (AvgIpc) is 3.08. The molecule has 94 valence electrons. The van der Waals surface area contributed by atoms with E-state index >= 15 is 0 Å². The van der Waals surface area contributed by atoms with Crippen LogP contribution in [0.5, 0.6) is 0 Å². The van der Waals surface area contributed by atoms with Gasteiger partial charge in [0, 0.05) is 12.6 Å². The van der Waals surface area contributed by atoms with Crippen LogP contribution in [0.1, 0.15) is 51.3 Å². The van der Waals surface area contributed by atoms with Crippen molar-refractivity contribution in [1.29, 1.82) is 0 Å². The summed E-state index contributed by atoms with van der Waals surface area (Å²) in [4.78, 5) is 4.11. The lowest BCUT2D eigenvalue weighted by atomic mass is 10.0. The highest BCUT2D eigenvalue weighted by molar-refractivity contribution is 5.09. The van der Waals surface area contributed by atoms with E-state index in [1.54, 1.807) is 6.07 Å². The van der Waals surface area contributed by atoms with Crippen LogP contribution in [0, 0.1) is 11.2 Å². The largest absolute Gasteiger partial charge is 0.308 e. The Bertz CT molecular complexity index is 357. The van der Waals surface area contributed by atoms with E-state index in [2.05, 4.69) is 24.1 Å². The molecular weight excluding hydrogens is 215 g/mol. The van der Waals surface area contributed by atoms with Gasteiger partial charge in [-0.05, 0) is 43.7 Å². The van der Waals surface area contributed by atoms with Crippen molar-refractivity contribution in [2.24, 2.45) is 5.41 Å². The van der Waals surface area contributed by atoms with Gasteiger partial charge < -0.3 is 5.32 Å². The number of pyridine rings is 1. The first-order chi connectivity index (χ1) is 8.15. The smallest absolute Gasteiger partial charge is 0.141 e. The number of hydrogen-bond acceptors (Lipinski definition) is 2. The van der Waals surface area contributed by atoms with Gasteiger partial charge in [0.1, 0.15) is 5.82 Å². The molecule has 0 aliphatic heterocycles. The summed E-state index contributed by atoms with van der Waals surface area (Å²) in [6, 6.07) is 3.43. The second-order valence-corrected chi connectivity index (χ2v) is 5.25. The first-order valence-corrected chi connectivity index (χ1v) is 6.50. The molecule has 0 aromatic carbocycles. The minimum atomic E-state index is -0.273. The van der Waals surface area contributed by atoms with Gasteiger partial charge in [-0.15, -0.1) is 0 Å². The molecular formula is C14H21FN2. The Balaban J connectivity index is 1.85. The van der Waals surface area contributed by atoms with E-state index in [0.29, 0.717) is 5.41 Å². The SMILES string of the molecule is CCCC1(CNC(C)c2ccc(F)cn2)CC1. The van der Waals surface area contributed by atoms with Gasteiger partial charge in [-0.3, -0.25) is 4.98 Å². The standard InChI is InChI=1S/C14H21FN2/c1-3-6-14(7-8-14)10-17-11(2)13-5-4-12(15)9-16-13/h4-5,9,11,17H,3,6-8,10H2,1-2H3. The second-order valence-electron chi connectivity index (χ2n) is 5.25. The van der Waals surface area contributed by atoms with E-state index < -0.39 is 0 Å². The third-order valence-electron chi connectivity index (χ3n) is 3.71. The van der Waals surface area contributed by atoms with Gasteiger partial charge in [0.15, 0.2) is 0 Å². The highest BCUT2D eigenvalue weighted by Gasteiger charge is 2.41. The van der Waals surface area contributed by atoms with Crippen molar-refractivity contribution < 1.29 is 4.39 Å². The number of nitrogens with one attached hydrogen (secondary N) is 1. The van der Waals surface area contributed by atoms with Crippen molar-refractivity contribution in [2.45, 2.75) is 45.6 Å². The first-order valence-electron chi connectivity index (χ1n) is 6.50. The van der Waals surface area contributed by atoms with Gasteiger partial charge in [-0.2, -0.15) is 0 Å². The van der Waals surface area contributed by atoms with E-state index in [9.17, 15) is 4.39 Å². The minimum Gasteiger partial charge on any atom is -0.308 e. The zero-order valence-corrected chi connectivity index (χ0v) is 10.7. The van der Waals surface area contributed by atoms with Gasteiger partial charge in [-0.25, -0.2) is 4.39 Å². The highest BCUT2D eigenvalue weighted by Crippen LogP contribution is 2.49. The van der Waals surface area contributed by atoms with Crippen molar-refractivity contribution in [1.82, 2.24) is 10.3 Å². The molecule has 2 rings (SSSR count). The Kier molecular flexibility index (Phi) is 3.77. The predicted molar refractivity (Wildman–Crippen MR) is 67.2 cm³/mol. The third kappa shape index (κ3) is 3.25. The summed E-state index contributed by atoms with van der Waals surface area (Å²) in [5.41, 5.74) is 1.46. The van der Waals surface area contributed by atoms with Gasteiger partial charge in [0.05, 0.1) is 11.9 Å². The molecule has 1 aromatic rings. The van der Waals surface area contributed by atoms with Crippen LogP contribution in [-0.4, -0.2) is 11.5 Å². The van der Waals surface area contributed by atoms with Gasteiger partial charge in [0.2, 0.25) is 0 Å². The van der Waals surface area contributed by atoms with Crippen LogP contribution in [0.4, 0.5) is 4.39 Å². The summed E-state index contributed by atoms with van der Waals surface area (Å²) in [6.45, 7) is 5.38. The quantitative estimate of drug-likeness (QED) is 0.818. The van der Waals surface area contributed by atoms with Crippen molar-refractivity contribution in [3.8, 4) is 0 Å². The molecule has 1 fully saturated rings. The van der Waals surface area contributed by atoms with Crippen molar-refractivity contribution >= 4 is 0 Å². The summed E-state index contributed by atoms with van der Waals surface area (Å²) in [7, 11) is 0. The summed E-state index contributed by atoms with van der Waals surface area (Å²) < 4.78 is 12.8. The fourth-order valence-corrected chi connectivity index (χ4v) is 2.34. The van der Waals surface area contributed by atoms with Crippen LogP contribution < -0.4 is 5.32 Å². The predicted octanol–water partition coefficient (Wildman–Crippen LogP) is 3.45. The minimum absolute atomic E-state index is 0.199. The maximum atomic E-state index is 12.8. The van der Waals surface area contributed by atoms with E-state index in [4.69, 9.17) is 0 Å². The number of aromatic nitrogens is 1. The molecule has 2 nitrogen and oxygen atoms in total. The van der Waals surface area contributed by atoms with E-state index in [1.165, 1.54) is 37.9 Å². The number of halogens is 1. The number of nitrogens with zero attached hydrogens (tertiary/aromatic N) is 1. The molecule has 0 saturated heterocycles. The second kappa shape index (κ2) is 5.13. The molecule has 1 heterocycles. The zero-order valence-electron chi connectivity index (χ0n) is 10.7. The number of hydrogen-bond donors (Lipinski definition) is 1. The zero-order chi connectivity index (χ0) is 12.3. The molecule has 1 aliphatic carbocycles. The van der Waals surface area contributed by atoms with Crippen molar-refractivity contribution in [3.63, 3.8) is 0 Å². The molecule has 0 bridgehead atoms. The monoisotopic (exact) mass is 236 g/mol. The Hall–Kier alpha value is -0.960. The van der Waals surface area contributed by atoms with E-state index in [0.717, 1.165) is 12.2 Å². The lowest BCUT2D eigenvalue weighted by molar-refractivity contribution is 0.394. The van der Waals surface area contributed by atoms with Crippen LogP contribution in [0.3, 0.4) is 0 Å². The number of rotatable bonds is 6. The van der Waals surface area contributed by atoms with Gasteiger partial charge in [-0.1, -0.05) is 13.3 Å². The van der Waals surface area contributed by atoms with Crippen LogP contribution in [-0.2, 0) is 0 Å². The molecule has 1 saturated carbocycles. The Morgan fingerprint density at radius 1 is 1.47 bits per heavy atom. The summed E-state index contributed by atoms with van der Waals surface area (Å²) in [6.07, 6.45) is 6.54. The maximum absolute atomic E-state index is 12.8. The molecule has 1 unspecified atom stereocenters. The highest BCUT2D eigenvalue weighted by atomic mass is 19.1. The fraction of sp³-hybridized carbons (Fsp3) is 0.643. The molecule has 1 aliphatic rings. The molecule has 1 N–H and O–H groups in total. The summed E-state index contributed by atoms with van der Waals surface area (Å²) >= 11 is 0. The van der Waals surface area contributed by atoms with Crippen molar-refractivity contribution in [3.05, 3.63) is 29.8 Å². The molecule has 3 heteroatoms. The van der Waals surface area contributed by atoms with E-state index in [1.807, 2.05) is 0 Å². The van der Waals surface area contributed by atoms with Crippen LogP contribution >= 0.6 is 0 Å². The lowest BCUT2D eigenvalue weighted by Crippen LogP contribution is -2.27. The molecule has 1 atom stereocenters. The molecule has 1 aromatic heterocycles.